The minimum atomic E-state index is -0.778. The fraction of sp³-hybridized carbons (Fsp3) is 0.267. The minimum absolute atomic E-state index is 0.0512. The molecule has 1 heterocycles. The zero-order valence-corrected chi connectivity index (χ0v) is 21.7. The highest BCUT2D eigenvalue weighted by Crippen LogP contribution is 2.41. The molecule has 1 aliphatic rings. The Morgan fingerprint density at radius 3 is 2.14 bits per heavy atom. The van der Waals surface area contributed by atoms with Crippen molar-refractivity contribution in [3.8, 4) is 17.2 Å². The molecule has 192 valence electrons. The van der Waals surface area contributed by atoms with E-state index in [-0.39, 0.29) is 17.9 Å². The van der Waals surface area contributed by atoms with Gasteiger partial charge in [0, 0.05) is 12.1 Å². The number of Topliss-reactive ketones (excluding diaryl/α,β-unsaturated/α-hetero) is 1. The third-order valence-corrected chi connectivity index (χ3v) is 6.56. The number of methoxy groups -OCH3 is 2. The summed E-state index contributed by atoms with van der Waals surface area (Å²) in [6.45, 7) is 6.30. The van der Waals surface area contributed by atoms with Crippen molar-refractivity contribution >= 4 is 17.4 Å². The van der Waals surface area contributed by atoms with Crippen LogP contribution in [0.2, 0.25) is 0 Å². The highest BCUT2D eigenvalue weighted by molar-refractivity contribution is 6.46. The van der Waals surface area contributed by atoms with Gasteiger partial charge in [0.2, 0.25) is 0 Å². The summed E-state index contributed by atoms with van der Waals surface area (Å²) in [6, 6.07) is 17.4. The Morgan fingerprint density at radius 2 is 1.54 bits per heavy atom. The molecule has 1 unspecified atom stereocenters. The van der Waals surface area contributed by atoms with Gasteiger partial charge in [-0.2, -0.15) is 0 Å². The average molecular weight is 502 g/mol. The van der Waals surface area contributed by atoms with Crippen LogP contribution in [-0.2, 0) is 16.1 Å². The molecule has 1 amide bonds. The van der Waals surface area contributed by atoms with Gasteiger partial charge in [-0.15, -0.1) is 0 Å². The van der Waals surface area contributed by atoms with Crippen molar-refractivity contribution in [3.05, 3.63) is 94.1 Å². The smallest absolute Gasteiger partial charge is 0.295 e. The van der Waals surface area contributed by atoms with Gasteiger partial charge in [-0.25, -0.2) is 0 Å². The average Bonchev–Trinajstić information content (AvgIpc) is 3.15. The van der Waals surface area contributed by atoms with Gasteiger partial charge in [-0.05, 0) is 79.4 Å². The Labute approximate surface area is 216 Å². The third kappa shape index (κ3) is 5.03. The molecule has 0 radical (unpaired) electrons. The molecule has 7 nitrogen and oxygen atoms in total. The molecule has 7 heteroatoms. The van der Waals surface area contributed by atoms with E-state index in [0.29, 0.717) is 35.0 Å². The summed E-state index contributed by atoms with van der Waals surface area (Å²) in [5.41, 5.74) is 3.59. The Hall–Kier alpha value is -4.26. The number of benzene rings is 3. The first kappa shape index (κ1) is 25.8. The molecule has 0 aromatic heterocycles. The second kappa shape index (κ2) is 10.8. The first-order valence-corrected chi connectivity index (χ1v) is 12.1. The summed E-state index contributed by atoms with van der Waals surface area (Å²) in [5, 5.41) is 11.5. The number of aliphatic hydroxyl groups is 1. The first-order chi connectivity index (χ1) is 17.8. The normalized spacial score (nSPS) is 16.7. The molecule has 3 aromatic rings. The predicted octanol–water partition coefficient (Wildman–Crippen LogP) is 5.34. The molecule has 0 saturated carbocycles. The van der Waals surface area contributed by atoms with E-state index in [0.717, 1.165) is 16.7 Å². The van der Waals surface area contributed by atoms with Crippen LogP contribution >= 0.6 is 0 Å². The van der Waals surface area contributed by atoms with Gasteiger partial charge < -0.3 is 24.2 Å². The highest BCUT2D eigenvalue weighted by Gasteiger charge is 2.46. The van der Waals surface area contributed by atoms with E-state index in [9.17, 15) is 14.7 Å². The summed E-state index contributed by atoms with van der Waals surface area (Å²) in [6.07, 6.45) is 0. The Morgan fingerprint density at radius 1 is 0.892 bits per heavy atom. The van der Waals surface area contributed by atoms with Crippen LogP contribution in [0.25, 0.3) is 5.76 Å². The number of aryl methyl sites for hydroxylation is 2. The number of hydrogen-bond donors (Lipinski definition) is 1. The Bertz CT molecular complexity index is 1340. The maximum atomic E-state index is 13.4. The molecule has 3 aromatic carbocycles. The van der Waals surface area contributed by atoms with Crippen molar-refractivity contribution in [1.82, 2.24) is 4.90 Å². The molecule has 1 N–H and O–H groups in total. The number of rotatable bonds is 8. The van der Waals surface area contributed by atoms with Crippen LogP contribution in [0.15, 0.2) is 66.2 Å². The molecular weight excluding hydrogens is 470 g/mol. The van der Waals surface area contributed by atoms with E-state index in [4.69, 9.17) is 14.2 Å². The summed E-state index contributed by atoms with van der Waals surface area (Å²) in [5.74, 6) is 0.450. The quantitative estimate of drug-likeness (QED) is 0.255. The fourth-order valence-corrected chi connectivity index (χ4v) is 4.64. The number of likely N-dealkylation sites (tertiary alicyclic amines) is 1. The number of nitrogens with zero attached hydrogens (tertiary/aromatic N) is 1. The van der Waals surface area contributed by atoms with E-state index < -0.39 is 17.7 Å². The number of ether oxygens (including phenoxy) is 3. The predicted molar refractivity (Wildman–Crippen MR) is 141 cm³/mol. The number of ketones is 1. The molecule has 0 aliphatic carbocycles. The van der Waals surface area contributed by atoms with E-state index in [1.165, 1.54) is 4.90 Å². The monoisotopic (exact) mass is 501 g/mol. The number of carbonyl (C=O) groups excluding carboxylic acids is 2. The van der Waals surface area contributed by atoms with Crippen molar-refractivity contribution in [1.29, 1.82) is 0 Å². The lowest BCUT2D eigenvalue weighted by Crippen LogP contribution is -2.29. The van der Waals surface area contributed by atoms with Crippen molar-refractivity contribution in [3.63, 3.8) is 0 Å². The van der Waals surface area contributed by atoms with Gasteiger partial charge in [0.05, 0.1) is 32.4 Å². The first-order valence-electron chi connectivity index (χ1n) is 12.1. The summed E-state index contributed by atoms with van der Waals surface area (Å²) in [7, 11) is 3.17. The lowest BCUT2D eigenvalue weighted by molar-refractivity contribution is -0.140. The van der Waals surface area contributed by atoms with Gasteiger partial charge in [-0.1, -0.05) is 24.3 Å². The van der Waals surface area contributed by atoms with Crippen molar-refractivity contribution < 1.29 is 28.9 Å². The second-order valence-corrected chi connectivity index (χ2v) is 8.91. The number of hydrogen-bond acceptors (Lipinski definition) is 6. The van der Waals surface area contributed by atoms with Crippen LogP contribution in [0.1, 0.15) is 40.8 Å². The largest absolute Gasteiger partial charge is 0.507 e. The van der Waals surface area contributed by atoms with Crippen LogP contribution < -0.4 is 14.2 Å². The molecule has 0 spiro atoms. The van der Waals surface area contributed by atoms with Crippen LogP contribution in [0.4, 0.5) is 0 Å². The van der Waals surface area contributed by atoms with Gasteiger partial charge >= 0.3 is 0 Å². The molecule has 1 atom stereocenters. The van der Waals surface area contributed by atoms with Crippen LogP contribution in [0, 0.1) is 13.8 Å². The molecular formula is C30H31NO6. The number of amides is 1. The van der Waals surface area contributed by atoms with Gasteiger partial charge in [0.15, 0.2) is 0 Å². The van der Waals surface area contributed by atoms with Crippen molar-refractivity contribution in [2.75, 3.05) is 20.8 Å². The maximum Gasteiger partial charge on any atom is 0.295 e. The van der Waals surface area contributed by atoms with Crippen LogP contribution in [0.5, 0.6) is 17.2 Å². The van der Waals surface area contributed by atoms with Gasteiger partial charge in [-0.3, -0.25) is 9.59 Å². The van der Waals surface area contributed by atoms with E-state index in [2.05, 4.69) is 0 Å². The standard InChI is InChI=1S/C30H31NO6/c1-6-37-23-13-9-21(10-14-23)27-26(28(32)24-15-19(3)25(36-5)16-18(24)2)29(33)30(34)31(27)17-20-7-11-22(35-4)12-8-20/h7-16,27,32H,6,17H2,1-5H3/b28-26+. The number of aliphatic hydroxyl groups excluding tert-OH is 1. The van der Waals surface area contributed by atoms with Crippen molar-refractivity contribution in [2.45, 2.75) is 33.4 Å². The second-order valence-electron chi connectivity index (χ2n) is 8.91. The minimum Gasteiger partial charge on any atom is -0.507 e. The zero-order valence-electron chi connectivity index (χ0n) is 21.7. The molecule has 37 heavy (non-hydrogen) atoms. The summed E-state index contributed by atoms with van der Waals surface area (Å²) in [4.78, 5) is 28.3. The zero-order chi connectivity index (χ0) is 26.7. The Balaban J connectivity index is 1.85. The maximum absolute atomic E-state index is 13.4. The van der Waals surface area contributed by atoms with Crippen LogP contribution in [-0.4, -0.2) is 42.5 Å². The highest BCUT2D eigenvalue weighted by atomic mass is 16.5. The molecule has 1 fully saturated rings. The van der Waals surface area contributed by atoms with Crippen molar-refractivity contribution in [2.24, 2.45) is 0 Å². The lowest BCUT2D eigenvalue weighted by Gasteiger charge is -2.26. The lowest BCUT2D eigenvalue weighted by atomic mass is 9.93. The summed E-state index contributed by atoms with van der Waals surface area (Å²) < 4.78 is 16.2. The third-order valence-electron chi connectivity index (χ3n) is 6.56. The van der Waals surface area contributed by atoms with Crippen LogP contribution in [0.3, 0.4) is 0 Å². The topological polar surface area (TPSA) is 85.3 Å². The van der Waals surface area contributed by atoms with E-state index in [1.54, 1.807) is 44.6 Å². The van der Waals surface area contributed by atoms with E-state index in [1.807, 2.05) is 51.1 Å². The molecule has 4 rings (SSSR count). The summed E-state index contributed by atoms with van der Waals surface area (Å²) >= 11 is 0. The molecule has 1 saturated heterocycles. The number of carbonyl (C=O) groups is 2. The Kier molecular flexibility index (Phi) is 7.53. The molecule has 0 bridgehead atoms. The van der Waals surface area contributed by atoms with Gasteiger partial charge in [0.1, 0.15) is 23.0 Å². The SMILES string of the molecule is CCOc1ccc(C2/C(=C(\O)c3cc(C)c(OC)cc3C)C(=O)C(=O)N2Cc2ccc(OC)cc2)cc1. The fourth-order valence-electron chi connectivity index (χ4n) is 4.64. The van der Waals surface area contributed by atoms with Gasteiger partial charge in [0.25, 0.3) is 11.7 Å². The van der Waals surface area contributed by atoms with E-state index >= 15 is 0 Å². The molecule has 1 aliphatic heterocycles.